The van der Waals surface area contributed by atoms with E-state index in [0.29, 0.717) is 5.39 Å². The van der Waals surface area contributed by atoms with E-state index in [-0.39, 0.29) is 23.0 Å². The number of hydrogen-bond acceptors (Lipinski definition) is 3. The van der Waals surface area contributed by atoms with Gasteiger partial charge in [0.15, 0.2) is 0 Å². The van der Waals surface area contributed by atoms with E-state index in [1.54, 1.807) is 6.07 Å². The number of rotatable bonds is 3. The van der Waals surface area contributed by atoms with Crippen LogP contribution in [0.5, 0.6) is 0 Å². The molecule has 1 unspecified atom stereocenters. The Bertz CT molecular complexity index is 1180. The predicted molar refractivity (Wildman–Crippen MR) is 112 cm³/mol. The molecule has 1 amide bonds. The van der Waals surface area contributed by atoms with Crippen LogP contribution in [0.15, 0.2) is 47.4 Å². The number of anilines is 1. The normalized spacial score (nSPS) is 14.9. The molecule has 0 fully saturated rings. The van der Waals surface area contributed by atoms with Crippen LogP contribution in [-0.4, -0.2) is 27.0 Å². The van der Waals surface area contributed by atoms with Crippen LogP contribution in [0.4, 0.5) is 5.69 Å². The first-order valence-electron chi connectivity index (χ1n) is 9.19. The maximum Gasteiger partial charge on any atom is 0.341 e. The molecule has 1 aliphatic heterocycles. The smallest absolute Gasteiger partial charge is 0.341 e. The number of aromatic nitrogens is 1. The lowest BCUT2D eigenvalue weighted by molar-refractivity contribution is -0.114. The average molecular weight is 394 g/mol. The number of carbonyl (C=O) groups excluding carboxylic acids is 1. The predicted octanol–water partition coefficient (Wildman–Crippen LogP) is 3.01. The van der Waals surface area contributed by atoms with E-state index in [1.807, 2.05) is 41.8 Å². The summed E-state index contributed by atoms with van der Waals surface area (Å²) < 4.78 is 1.92. The lowest BCUT2D eigenvalue weighted by atomic mass is 9.89. The molecule has 1 aromatic heterocycles. The van der Waals surface area contributed by atoms with Crippen molar-refractivity contribution in [2.75, 3.05) is 5.32 Å². The fraction of sp³-hybridized carbons (Fsp3) is 0.227. The largest absolute Gasteiger partial charge is 0.477 e. The van der Waals surface area contributed by atoms with Gasteiger partial charge in [-0.05, 0) is 54.7 Å². The topological polar surface area (TPSA) is 120 Å². The monoisotopic (exact) mass is 394 g/mol. The molecule has 4 rings (SSSR count). The zero-order valence-electron chi connectivity index (χ0n) is 16.2. The van der Waals surface area contributed by atoms with Crippen molar-refractivity contribution in [3.8, 4) is 11.1 Å². The third kappa shape index (κ3) is 3.40. The van der Waals surface area contributed by atoms with Crippen LogP contribution in [-0.2, 0) is 11.2 Å². The Morgan fingerprint density at radius 3 is 2.45 bits per heavy atom. The quantitative estimate of drug-likeness (QED) is 0.709. The second-order valence-corrected chi connectivity index (χ2v) is 7.22. The van der Waals surface area contributed by atoms with Crippen LogP contribution in [0.2, 0.25) is 0 Å². The number of benzene rings is 2. The molecule has 0 saturated carbocycles. The molecule has 150 valence electrons. The highest BCUT2D eigenvalue weighted by atomic mass is 16.4. The van der Waals surface area contributed by atoms with Crippen molar-refractivity contribution in [2.24, 2.45) is 0 Å². The summed E-state index contributed by atoms with van der Waals surface area (Å²) in [5, 5.41) is 12.6. The first-order chi connectivity index (χ1) is 13.4. The minimum absolute atomic E-state index is 0. The van der Waals surface area contributed by atoms with Gasteiger partial charge in [0.25, 0.3) is 0 Å². The molecule has 29 heavy (non-hydrogen) atoms. The maximum absolute atomic E-state index is 12.7. The van der Waals surface area contributed by atoms with Gasteiger partial charge < -0.3 is 20.5 Å². The number of nitrogens with zero attached hydrogens (tertiary/aromatic N) is 1. The van der Waals surface area contributed by atoms with E-state index in [1.165, 1.54) is 13.1 Å². The molecule has 3 aromatic rings. The molecule has 4 N–H and O–H groups in total. The van der Waals surface area contributed by atoms with Gasteiger partial charge in [-0.25, -0.2) is 4.79 Å². The summed E-state index contributed by atoms with van der Waals surface area (Å²) in [5.74, 6) is -1.33. The van der Waals surface area contributed by atoms with Crippen molar-refractivity contribution in [2.45, 2.75) is 32.7 Å². The molecule has 0 bridgehead atoms. The first-order valence-corrected chi connectivity index (χ1v) is 9.19. The van der Waals surface area contributed by atoms with E-state index in [9.17, 15) is 19.5 Å². The molecular formula is C22H22N2O5. The highest BCUT2D eigenvalue weighted by molar-refractivity contribution is 5.96. The number of aryl methyl sites for hydroxylation is 1. The van der Waals surface area contributed by atoms with E-state index in [4.69, 9.17) is 0 Å². The van der Waals surface area contributed by atoms with Crippen LogP contribution in [0.25, 0.3) is 22.0 Å². The Balaban J connectivity index is 0.00000240. The zero-order chi connectivity index (χ0) is 20.0. The van der Waals surface area contributed by atoms with Crippen molar-refractivity contribution in [3.63, 3.8) is 0 Å². The Labute approximate surface area is 166 Å². The molecule has 1 aliphatic rings. The number of carboxylic acid groups (broad SMARTS) is 1. The van der Waals surface area contributed by atoms with Gasteiger partial charge in [-0.1, -0.05) is 18.2 Å². The SMILES string of the molecule is CC(=O)Nc1ccc(-c2ccc3c(=O)c(C(=O)O)cn4c3c2CCC4C)cc1.O. The number of aromatic carboxylic acids is 1. The summed E-state index contributed by atoms with van der Waals surface area (Å²) in [6, 6.07) is 11.3. The lowest BCUT2D eigenvalue weighted by Crippen LogP contribution is -2.24. The van der Waals surface area contributed by atoms with Crippen molar-refractivity contribution in [1.82, 2.24) is 4.57 Å². The number of carboxylic acids is 1. The minimum atomic E-state index is -1.20. The van der Waals surface area contributed by atoms with Gasteiger partial charge in [-0.2, -0.15) is 0 Å². The third-order valence-corrected chi connectivity index (χ3v) is 5.33. The van der Waals surface area contributed by atoms with E-state index in [2.05, 4.69) is 5.32 Å². The molecule has 7 heteroatoms. The third-order valence-electron chi connectivity index (χ3n) is 5.33. The fourth-order valence-corrected chi connectivity index (χ4v) is 3.97. The lowest BCUT2D eigenvalue weighted by Gasteiger charge is -2.28. The summed E-state index contributed by atoms with van der Waals surface area (Å²) in [6.45, 7) is 3.50. The Morgan fingerprint density at radius 2 is 1.83 bits per heavy atom. The summed E-state index contributed by atoms with van der Waals surface area (Å²) >= 11 is 0. The average Bonchev–Trinajstić information content (AvgIpc) is 2.66. The Kier molecular flexibility index (Phi) is 5.26. The van der Waals surface area contributed by atoms with Gasteiger partial charge in [0, 0.05) is 30.2 Å². The highest BCUT2D eigenvalue weighted by Gasteiger charge is 2.24. The fourth-order valence-electron chi connectivity index (χ4n) is 3.97. The van der Waals surface area contributed by atoms with Gasteiger partial charge in [-0.15, -0.1) is 0 Å². The van der Waals surface area contributed by atoms with Gasteiger partial charge >= 0.3 is 5.97 Å². The first kappa shape index (κ1) is 20.3. The molecule has 7 nitrogen and oxygen atoms in total. The van der Waals surface area contributed by atoms with Crippen molar-refractivity contribution >= 4 is 28.5 Å². The molecule has 2 aromatic carbocycles. The number of nitrogens with one attached hydrogen (secondary N) is 1. The Morgan fingerprint density at radius 1 is 1.14 bits per heavy atom. The maximum atomic E-state index is 12.7. The van der Waals surface area contributed by atoms with Crippen LogP contribution in [0.1, 0.15) is 42.2 Å². The van der Waals surface area contributed by atoms with Gasteiger partial charge in [0.1, 0.15) is 5.56 Å². The van der Waals surface area contributed by atoms with Gasteiger partial charge in [0.05, 0.1) is 5.52 Å². The molecule has 0 saturated heterocycles. The van der Waals surface area contributed by atoms with Crippen LogP contribution in [0, 0.1) is 0 Å². The van der Waals surface area contributed by atoms with Gasteiger partial charge in [0.2, 0.25) is 11.3 Å². The number of amides is 1. The highest BCUT2D eigenvalue weighted by Crippen LogP contribution is 2.36. The van der Waals surface area contributed by atoms with Crippen LogP contribution in [0.3, 0.4) is 0 Å². The molecule has 1 atom stereocenters. The zero-order valence-corrected chi connectivity index (χ0v) is 16.2. The standard InChI is InChI=1S/C22H20N2O4.H2O/c1-12-3-8-17-16(14-4-6-15(7-5-14)23-13(2)25)9-10-18-20(17)24(12)11-19(21(18)26)22(27)28;/h4-7,9-12H,3,8H2,1-2H3,(H,23,25)(H,27,28);1H2. The summed E-state index contributed by atoms with van der Waals surface area (Å²) in [4.78, 5) is 35.4. The molecule has 0 aliphatic carbocycles. The van der Waals surface area contributed by atoms with E-state index in [0.717, 1.165) is 40.7 Å². The number of hydrogen-bond donors (Lipinski definition) is 2. The summed E-state index contributed by atoms with van der Waals surface area (Å²) in [6.07, 6.45) is 3.15. The van der Waals surface area contributed by atoms with Crippen molar-refractivity contribution in [1.29, 1.82) is 0 Å². The van der Waals surface area contributed by atoms with Crippen molar-refractivity contribution in [3.05, 3.63) is 63.9 Å². The van der Waals surface area contributed by atoms with E-state index < -0.39 is 11.4 Å². The van der Waals surface area contributed by atoms with Gasteiger partial charge in [-0.3, -0.25) is 9.59 Å². The molecule has 0 radical (unpaired) electrons. The Hall–Kier alpha value is -3.45. The second-order valence-electron chi connectivity index (χ2n) is 7.22. The molecule has 0 spiro atoms. The molecule has 2 heterocycles. The van der Waals surface area contributed by atoms with Crippen LogP contribution >= 0.6 is 0 Å². The second kappa shape index (κ2) is 7.52. The van der Waals surface area contributed by atoms with Crippen molar-refractivity contribution < 1.29 is 20.2 Å². The number of pyridine rings is 1. The number of carbonyl (C=O) groups is 2. The van der Waals surface area contributed by atoms with E-state index >= 15 is 0 Å². The van der Waals surface area contributed by atoms with Crippen LogP contribution < -0.4 is 10.7 Å². The summed E-state index contributed by atoms with van der Waals surface area (Å²) in [7, 11) is 0. The molecular weight excluding hydrogens is 372 g/mol. The minimum Gasteiger partial charge on any atom is -0.477 e. The summed E-state index contributed by atoms with van der Waals surface area (Å²) in [5.41, 5.74) is 3.96.